The van der Waals surface area contributed by atoms with Gasteiger partial charge < -0.3 is 19.5 Å². The number of phenols is 1. The lowest BCUT2D eigenvalue weighted by Crippen LogP contribution is -2.35. The summed E-state index contributed by atoms with van der Waals surface area (Å²) in [4.78, 5) is 2.39. The lowest BCUT2D eigenvalue weighted by molar-refractivity contribution is -0.139. The molecule has 1 N–H and O–H groups in total. The normalized spacial score (nSPS) is 15.9. The van der Waals surface area contributed by atoms with Crippen molar-refractivity contribution in [1.29, 1.82) is 0 Å². The number of rotatable bonds is 8. The van der Waals surface area contributed by atoms with E-state index in [4.69, 9.17) is 9.47 Å². The van der Waals surface area contributed by atoms with Crippen molar-refractivity contribution in [2.75, 3.05) is 33.4 Å². The highest BCUT2D eigenvalue weighted by Gasteiger charge is 2.34. The van der Waals surface area contributed by atoms with Crippen molar-refractivity contribution in [1.82, 2.24) is 4.90 Å². The van der Waals surface area contributed by atoms with Gasteiger partial charge in [0.2, 0.25) is 0 Å². The van der Waals surface area contributed by atoms with Crippen LogP contribution in [-0.4, -0.2) is 43.4 Å². The van der Waals surface area contributed by atoms with E-state index >= 15 is 0 Å². The molecule has 1 fully saturated rings. The highest BCUT2D eigenvalue weighted by molar-refractivity contribution is 5.41. The Kier molecular flexibility index (Phi) is 7.48. The molecule has 4 nitrogen and oxygen atoms in total. The van der Waals surface area contributed by atoms with Crippen molar-refractivity contribution >= 4 is 0 Å². The lowest BCUT2D eigenvalue weighted by Gasteiger charge is -2.32. The van der Waals surface area contributed by atoms with E-state index in [9.17, 15) is 18.3 Å². The fourth-order valence-electron chi connectivity index (χ4n) is 3.84. The van der Waals surface area contributed by atoms with E-state index in [0.717, 1.165) is 56.9 Å². The van der Waals surface area contributed by atoms with Gasteiger partial charge in [0.15, 0.2) is 11.5 Å². The van der Waals surface area contributed by atoms with Crippen molar-refractivity contribution < 1.29 is 27.8 Å². The molecule has 164 valence electrons. The maximum atomic E-state index is 13.0. The Morgan fingerprint density at radius 1 is 1.07 bits per heavy atom. The maximum absolute atomic E-state index is 13.0. The zero-order chi connectivity index (χ0) is 21.6. The maximum Gasteiger partial charge on any atom is 0.419 e. The standard InChI is InChI=1S/C23H28F3NO3/c1-29-22-7-6-18(16-20(22)28)10-14-27-12-8-17(9-13-27)11-15-30-21-5-3-2-4-19(21)23(24,25)26/h2-7,16-17,28H,8-15H2,1H3. The highest BCUT2D eigenvalue weighted by Crippen LogP contribution is 2.36. The second-order valence-electron chi connectivity index (χ2n) is 7.67. The Morgan fingerprint density at radius 3 is 2.47 bits per heavy atom. The molecule has 1 aliphatic heterocycles. The number of ether oxygens (including phenoxy) is 2. The van der Waals surface area contributed by atoms with Crippen LogP contribution in [-0.2, 0) is 12.6 Å². The number of piperidine rings is 1. The fraction of sp³-hybridized carbons (Fsp3) is 0.478. The number of halogens is 3. The van der Waals surface area contributed by atoms with Crippen LogP contribution in [0.2, 0.25) is 0 Å². The molecule has 0 amide bonds. The summed E-state index contributed by atoms with van der Waals surface area (Å²) in [6.07, 6.45) is -0.773. The van der Waals surface area contributed by atoms with Crippen LogP contribution in [0.1, 0.15) is 30.4 Å². The molecule has 1 saturated heterocycles. The monoisotopic (exact) mass is 423 g/mol. The molecular formula is C23H28F3NO3. The van der Waals surface area contributed by atoms with Gasteiger partial charge in [-0.05, 0) is 74.5 Å². The molecule has 0 saturated carbocycles. The zero-order valence-electron chi connectivity index (χ0n) is 17.1. The van der Waals surface area contributed by atoms with Gasteiger partial charge in [0, 0.05) is 6.54 Å². The Hall–Kier alpha value is -2.41. The molecule has 30 heavy (non-hydrogen) atoms. The first-order valence-electron chi connectivity index (χ1n) is 10.2. The van der Waals surface area contributed by atoms with E-state index in [2.05, 4.69) is 4.90 Å². The Balaban J connectivity index is 1.39. The summed E-state index contributed by atoms with van der Waals surface area (Å²) < 4.78 is 49.6. The van der Waals surface area contributed by atoms with Crippen LogP contribution in [0.15, 0.2) is 42.5 Å². The van der Waals surface area contributed by atoms with Crippen LogP contribution < -0.4 is 9.47 Å². The summed E-state index contributed by atoms with van der Waals surface area (Å²) in [5, 5.41) is 9.88. The van der Waals surface area contributed by atoms with Crippen molar-refractivity contribution in [2.24, 2.45) is 5.92 Å². The third kappa shape index (κ3) is 6.05. The molecule has 0 spiro atoms. The first kappa shape index (κ1) is 22.3. The van der Waals surface area contributed by atoms with Gasteiger partial charge in [0.25, 0.3) is 0 Å². The predicted molar refractivity (Wildman–Crippen MR) is 109 cm³/mol. The van der Waals surface area contributed by atoms with Crippen LogP contribution in [0.3, 0.4) is 0 Å². The summed E-state index contributed by atoms with van der Waals surface area (Å²) in [6, 6.07) is 10.8. The Morgan fingerprint density at radius 2 is 1.80 bits per heavy atom. The number of likely N-dealkylation sites (tertiary alicyclic amines) is 1. The third-order valence-electron chi connectivity index (χ3n) is 5.64. The summed E-state index contributed by atoms with van der Waals surface area (Å²) in [6.45, 7) is 3.13. The van der Waals surface area contributed by atoms with Gasteiger partial charge in [-0.25, -0.2) is 0 Å². The average Bonchev–Trinajstić information content (AvgIpc) is 2.73. The van der Waals surface area contributed by atoms with Crippen molar-refractivity contribution in [2.45, 2.75) is 31.9 Å². The summed E-state index contributed by atoms with van der Waals surface area (Å²) >= 11 is 0. The number of aromatic hydroxyl groups is 1. The summed E-state index contributed by atoms with van der Waals surface area (Å²) in [7, 11) is 1.53. The molecule has 0 unspecified atom stereocenters. The molecule has 0 radical (unpaired) electrons. The van der Waals surface area contributed by atoms with Crippen LogP contribution in [0.4, 0.5) is 13.2 Å². The average molecular weight is 423 g/mol. The van der Waals surface area contributed by atoms with Gasteiger partial charge in [0.1, 0.15) is 5.75 Å². The van der Waals surface area contributed by atoms with Crippen molar-refractivity contribution in [3.63, 3.8) is 0 Å². The second kappa shape index (κ2) is 10.1. The molecule has 1 aliphatic rings. The topological polar surface area (TPSA) is 41.9 Å². The smallest absolute Gasteiger partial charge is 0.419 e. The summed E-state index contributed by atoms with van der Waals surface area (Å²) in [5.41, 5.74) is 0.344. The minimum atomic E-state index is -4.40. The number of hydrogen-bond acceptors (Lipinski definition) is 4. The van der Waals surface area contributed by atoms with E-state index in [1.807, 2.05) is 6.07 Å². The quantitative estimate of drug-likeness (QED) is 0.638. The molecule has 0 aliphatic carbocycles. The van der Waals surface area contributed by atoms with Crippen LogP contribution >= 0.6 is 0 Å². The van der Waals surface area contributed by atoms with Crippen molar-refractivity contribution in [3.8, 4) is 17.2 Å². The number of hydrogen-bond donors (Lipinski definition) is 1. The van der Waals surface area contributed by atoms with Crippen LogP contribution in [0.25, 0.3) is 0 Å². The number of alkyl halides is 3. The van der Waals surface area contributed by atoms with Gasteiger partial charge in [-0.3, -0.25) is 0 Å². The van der Waals surface area contributed by atoms with Gasteiger partial charge >= 0.3 is 6.18 Å². The number of methoxy groups -OCH3 is 1. The van der Waals surface area contributed by atoms with E-state index in [1.165, 1.54) is 19.2 Å². The van der Waals surface area contributed by atoms with Crippen molar-refractivity contribution in [3.05, 3.63) is 53.6 Å². The molecule has 0 bridgehead atoms. The largest absolute Gasteiger partial charge is 0.504 e. The molecule has 3 rings (SSSR count). The minimum absolute atomic E-state index is 0.0924. The van der Waals surface area contributed by atoms with Gasteiger partial charge in [-0.2, -0.15) is 13.2 Å². The molecule has 2 aromatic carbocycles. The number of para-hydroxylation sites is 1. The summed E-state index contributed by atoms with van der Waals surface area (Å²) in [5.74, 6) is 0.995. The zero-order valence-corrected chi connectivity index (χ0v) is 17.1. The Labute approximate surface area is 175 Å². The van der Waals surface area contributed by atoms with Crippen LogP contribution in [0, 0.1) is 5.92 Å². The second-order valence-corrected chi connectivity index (χ2v) is 7.67. The predicted octanol–water partition coefficient (Wildman–Crippen LogP) is 5.14. The first-order valence-corrected chi connectivity index (χ1v) is 10.2. The number of phenolic OH excluding ortho intramolecular Hbond substituents is 1. The van der Waals surface area contributed by atoms with Gasteiger partial charge in [-0.1, -0.05) is 18.2 Å². The number of benzene rings is 2. The van der Waals surface area contributed by atoms with E-state index in [-0.39, 0.29) is 11.5 Å². The van der Waals surface area contributed by atoms with E-state index in [1.54, 1.807) is 18.2 Å². The molecule has 0 atom stereocenters. The molecule has 1 heterocycles. The van der Waals surface area contributed by atoms with E-state index in [0.29, 0.717) is 18.3 Å². The first-order chi connectivity index (χ1) is 14.4. The van der Waals surface area contributed by atoms with E-state index < -0.39 is 11.7 Å². The van der Waals surface area contributed by atoms with Crippen LogP contribution in [0.5, 0.6) is 17.2 Å². The fourth-order valence-corrected chi connectivity index (χ4v) is 3.84. The SMILES string of the molecule is COc1ccc(CCN2CCC(CCOc3ccccc3C(F)(F)F)CC2)cc1O. The van der Waals surface area contributed by atoms with Gasteiger partial charge in [-0.15, -0.1) is 0 Å². The third-order valence-corrected chi connectivity index (χ3v) is 5.64. The highest BCUT2D eigenvalue weighted by atomic mass is 19.4. The molecule has 0 aromatic heterocycles. The minimum Gasteiger partial charge on any atom is -0.504 e. The molecule has 7 heteroatoms. The lowest BCUT2D eigenvalue weighted by atomic mass is 9.93. The Bertz CT molecular complexity index is 818. The molecule has 2 aromatic rings. The van der Waals surface area contributed by atoms with Gasteiger partial charge in [0.05, 0.1) is 19.3 Å². The molecular weight excluding hydrogens is 395 g/mol. The number of nitrogens with zero attached hydrogens (tertiary/aromatic N) is 1.